The van der Waals surface area contributed by atoms with Gasteiger partial charge in [-0.25, -0.2) is 0 Å². The number of carboxylic acid groups (broad SMARTS) is 1. The summed E-state index contributed by atoms with van der Waals surface area (Å²) in [4.78, 5) is 37.5. The van der Waals surface area contributed by atoms with Crippen molar-refractivity contribution in [3.05, 3.63) is 54.9 Å². The summed E-state index contributed by atoms with van der Waals surface area (Å²) in [5.41, 5.74) is 0.643. The molecule has 140 valence electrons. The molecule has 6 nitrogen and oxygen atoms in total. The summed E-state index contributed by atoms with van der Waals surface area (Å²) >= 11 is 13.6. The van der Waals surface area contributed by atoms with Crippen LogP contribution in [0.3, 0.4) is 0 Å². The minimum atomic E-state index is -0.921. The molecule has 1 aliphatic heterocycles. The molecule has 1 N–H and O–H groups in total. The number of thiazole rings is 1. The molecule has 0 aliphatic carbocycles. The molecular formula is C17H13ClN2O4S3. The van der Waals surface area contributed by atoms with Crippen molar-refractivity contribution in [2.45, 2.75) is 12.8 Å². The van der Waals surface area contributed by atoms with Gasteiger partial charge in [0.15, 0.2) is 0 Å². The third-order valence-electron chi connectivity index (χ3n) is 3.70. The van der Waals surface area contributed by atoms with Gasteiger partial charge in [-0.05, 0) is 24.6 Å². The van der Waals surface area contributed by atoms with Gasteiger partial charge in [-0.1, -0.05) is 65.1 Å². The summed E-state index contributed by atoms with van der Waals surface area (Å²) in [6.45, 7) is 0.239. The fourth-order valence-electron chi connectivity index (χ4n) is 2.46. The Balaban J connectivity index is 1.85. The average Bonchev–Trinajstić information content (AvgIpc) is 3.05. The van der Waals surface area contributed by atoms with E-state index in [-0.39, 0.29) is 28.9 Å². The number of carboxylic acids is 1. The molecule has 0 radical (unpaired) electrons. The van der Waals surface area contributed by atoms with E-state index in [0.717, 1.165) is 23.1 Å². The van der Waals surface area contributed by atoms with Crippen LogP contribution >= 0.6 is 46.9 Å². The topological polar surface area (TPSA) is 79.6 Å². The molecule has 3 rings (SSSR count). The number of carbonyl (C=O) groups excluding carboxylic acids is 1. The van der Waals surface area contributed by atoms with Crippen molar-refractivity contribution in [3.63, 3.8) is 0 Å². The van der Waals surface area contributed by atoms with Crippen LogP contribution in [0, 0.1) is 0 Å². The maximum Gasteiger partial charge on any atom is 0.313 e. The van der Waals surface area contributed by atoms with Gasteiger partial charge in [0.1, 0.15) is 9.47 Å². The van der Waals surface area contributed by atoms with E-state index in [2.05, 4.69) is 0 Å². The lowest BCUT2D eigenvalue weighted by molar-refractivity contribution is -0.137. The van der Waals surface area contributed by atoms with Crippen molar-refractivity contribution < 1.29 is 14.7 Å². The van der Waals surface area contributed by atoms with Gasteiger partial charge < -0.3 is 5.11 Å². The van der Waals surface area contributed by atoms with Crippen molar-refractivity contribution in [1.82, 2.24) is 9.47 Å². The lowest BCUT2D eigenvalue weighted by atomic mass is 10.3. The van der Waals surface area contributed by atoms with Crippen molar-refractivity contribution in [2.24, 2.45) is 0 Å². The molecule has 2 heterocycles. The molecule has 0 unspecified atom stereocenters. The highest BCUT2D eigenvalue weighted by atomic mass is 35.5. The SMILES string of the molecule is O=C(O)CCCN1C(=O)C(=Cc2sc(=O)n(-c3ccccc3)c2Cl)SC1=S. The highest BCUT2D eigenvalue weighted by molar-refractivity contribution is 8.26. The van der Waals surface area contributed by atoms with E-state index >= 15 is 0 Å². The van der Waals surface area contributed by atoms with E-state index in [9.17, 15) is 14.4 Å². The number of carbonyl (C=O) groups is 2. The highest BCUT2D eigenvalue weighted by Gasteiger charge is 2.32. The maximum atomic E-state index is 12.5. The van der Waals surface area contributed by atoms with Gasteiger partial charge in [-0.3, -0.25) is 23.9 Å². The zero-order valence-corrected chi connectivity index (χ0v) is 17.0. The minimum absolute atomic E-state index is 0.0382. The predicted octanol–water partition coefficient (Wildman–Crippen LogP) is 3.62. The van der Waals surface area contributed by atoms with Crippen molar-refractivity contribution in [2.75, 3.05) is 6.54 Å². The van der Waals surface area contributed by atoms with Gasteiger partial charge in [0.2, 0.25) is 0 Å². The van der Waals surface area contributed by atoms with Crippen molar-refractivity contribution >= 4 is 69.2 Å². The van der Waals surface area contributed by atoms with E-state index in [1.165, 1.54) is 9.47 Å². The van der Waals surface area contributed by atoms with Crippen LogP contribution in [0.4, 0.5) is 0 Å². The van der Waals surface area contributed by atoms with Crippen molar-refractivity contribution in [1.29, 1.82) is 0 Å². The van der Waals surface area contributed by atoms with E-state index < -0.39 is 5.97 Å². The van der Waals surface area contributed by atoms with E-state index in [1.807, 2.05) is 6.07 Å². The Kier molecular flexibility index (Phi) is 6.15. The molecule has 1 amide bonds. The monoisotopic (exact) mass is 440 g/mol. The number of rotatable bonds is 6. The van der Waals surface area contributed by atoms with Gasteiger partial charge in [-0.15, -0.1) is 0 Å². The number of para-hydroxylation sites is 1. The molecule has 0 saturated carbocycles. The first-order chi connectivity index (χ1) is 12.9. The first kappa shape index (κ1) is 19.8. The molecule has 0 atom stereocenters. The zero-order chi connectivity index (χ0) is 19.6. The molecular weight excluding hydrogens is 428 g/mol. The maximum absolute atomic E-state index is 12.5. The number of aromatic nitrogens is 1. The van der Waals surface area contributed by atoms with Crippen LogP contribution in [0.1, 0.15) is 17.7 Å². The number of thioether (sulfide) groups is 1. The standard InChI is InChI=1S/C17H13ClN2O4S3/c18-14-11(26-16(24)20(14)10-5-2-1-3-6-10)9-12-15(23)19(17(25)27-12)8-4-7-13(21)22/h1-3,5-6,9H,4,7-8H2,(H,21,22). The molecule has 1 aromatic carbocycles. The third kappa shape index (κ3) is 4.32. The number of hydrogen-bond donors (Lipinski definition) is 1. The Morgan fingerprint density at radius 3 is 2.63 bits per heavy atom. The van der Waals surface area contributed by atoms with Gasteiger partial charge in [0.05, 0.1) is 15.5 Å². The second-order valence-electron chi connectivity index (χ2n) is 5.52. The van der Waals surface area contributed by atoms with Crippen LogP contribution in [0.25, 0.3) is 11.8 Å². The Morgan fingerprint density at radius 2 is 1.96 bits per heavy atom. The van der Waals surface area contributed by atoms with E-state index in [4.69, 9.17) is 28.9 Å². The lowest BCUT2D eigenvalue weighted by Gasteiger charge is -2.13. The normalized spacial score (nSPS) is 15.7. The summed E-state index contributed by atoms with van der Waals surface area (Å²) in [6, 6.07) is 8.98. The Morgan fingerprint density at radius 1 is 1.26 bits per heavy atom. The van der Waals surface area contributed by atoms with Crippen LogP contribution in [0.5, 0.6) is 0 Å². The smallest absolute Gasteiger partial charge is 0.313 e. The van der Waals surface area contributed by atoms with Crippen LogP contribution in [0.15, 0.2) is 40.0 Å². The van der Waals surface area contributed by atoms with Crippen LogP contribution in [0.2, 0.25) is 5.15 Å². The number of benzene rings is 1. The van der Waals surface area contributed by atoms with E-state index in [0.29, 0.717) is 26.2 Å². The number of aliphatic carboxylic acids is 1. The summed E-state index contributed by atoms with van der Waals surface area (Å²) in [5, 5.41) is 8.95. The van der Waals surface area contributed by atoms with Crippen LogP contribution < -0.4 is 4.87 Å². The van der Waals surface area contributed by atoms with Crippen molar-refractivity contribution in [3.8, 4) is 5.69 Å². The lowest BCUT2D eigenvalue weighted by Crippen LogP contribution is -2.29. The molecule has 1 aliphatic rings. The van der Waals surface area contributed by atoms with E-state index in [1.54, 1.807) is 30.3 Å². The molecule has 0 bridgehead atoms. The second kappa shape index (κ2) is 8.39. The first-order valence-electron chi connectivity index (χ1n) is 7.82. The summed E-state index contributed by atoms with van der Waals surface area (Å²) in [7, 11) is 0. The molecule has 0 spiro atoms. The summed E-state index contributed by atoms with van der Waals surface area (Å²) in [5.74, 6) is -1.23. The number of thiocarbonyl (C=S) groups is 1. The fraction of sp³-hybridized carbons (Fsp3) is 0.176. The summed E-state index contributed by atoms with van der Waals surface area (Å²) < 4.78 is 1.74. The fourth-order valence-corrected chi connectivity index (χ4v) is 5.05. The molecule has 1 saturated heterocycles. The van der Waals surface area contributed by atoms with Gasteiger partial charge in [0.25, 0.3) is 5.91 Å². The molecule has 10 heteroatoms. The predicted molar refractivity (Wildman–Crippen MR) is 112 cm³/mol. The largest absolute Gasteiger partial charge is 0.481 e. The number of halogens is 1. The average molecular weight is 441 g/mol. The Bertz CT molecular complexity index is 997. The number of amides is 1. The minimum Gasteiger partial charge on any atom is -0.481 e. The molecule has 2 aromatic rings. The quantitative estimate of drug-likeness (QED) is 0.546. The first-order valence-corrected chi connectivity index (χ1v) is 10.2. The highest BCUT2D eigenvalue weighted by Crippen LogP contribution is 2.35. The van der Waals surface area contributed by atoms with Gasteiger partial charge >= 0.3 is 10.8 Å². The third-order valence-corrected chi connectivity index (χ3v) is 6.45. The Labute approximate surface area is 173 Å². The van der Waals surface area contributed by atoms with Gasteiger partial charge in [-0.2, -0.15) is 0 Å². The van der Waals surface area contributed by atoms with Crippen LogP contribution in [-0.4, -0.2) is 37.3 Å². The second-order valence-corrected chi connectivity index (χ2v) is 8.55. The Hall–Kier alpha value is -1.94. The molecule has 27 heavy (non-hydrogen) atoms. The molecule has 1 aromatic heterocycles. The molecule has 1 fully saturated rings. The van der Waals surface area contributed by atoms with Crippen LogP contribution in [-0.2, 0) is 9.59 Å². The summed E-state index contributed by atoms with van der Waals surface area (Å²) in [6.07, 6.45) is 1.83. The number of hydrogen-bond acceptors (Lipinski definition) is 6. The zero-order valence-electron chi connectivity index (χ0n) is 13.8. The number of nitrogens with zero attached hydrogens (tertiary/aromatic N) is 2. The van der Waals surface area contributed by atoms with Gasteiger partial charge in [0, 0.05) is 13.0 Å².